The normalized spacial score (nSPS) is 11.3. The standard InChI is InChI=1S/C20H21ClN2O8/c1-28-15-9-12(17(23(26)27)19(31-4)18(15)30-3)20(25)22-14(10-16(24)29-2)11-7-5-6-8-13(11)21/h5-9,14H,10H2,1-4H3,(H,22,25). The van der Waals surface area contributed by atoms with Gasteiger partial charge in [-0.05, 0) is 11.6 Å². The summed E-state index contributed by atoms with van der Waals surface area (Å²) >= 11 is 6.22. The van der Waals surface area contributed by atoms with Gasteiger partial charge in [0.2, 0.25) is 11.5 Å². The number of benzene rings is 2. The van der Waals surface area contributed by atoms with Crippen molar-refractivity contribution in [2.24, 2.45) is 0 Å². The van der Waals surface area contributed by atoms with Crippen molar-refractivity contribution in [2.45, 2.75) is 12.5 Å². The first-order valence-corrected chi connectivity index (χ1v) is 9.26. The van der Waals surface area contributed by atoms with Gasteiger partial charge in [-0.3, -0.25) is 19.7 Å². The number of carbonyl (C=O) groups excluding carboxylic acids is 2. The van der Waals surface area contributed by atoms with Gasteiger partial charge < -0.3 is 24.3 Å². The van der Waals surface area contributed by atoms with Gasteiger partial charge in [-0.1, -0.05) is 29.8 Å². The average molecular weight is 453 g/mol. The third kappa shape index (κ3) is 5.15. The maximum atomic E-state index is 13.1. The molecule has 0 aromatic heterocycles. The Morgan fingerprint density at radius 2 is 1.74 bits per heavy atom. The van der Waals surface area contributed by atoms with Crippen LogP contribution in [0.5, 0.6) is 17.2 Å². The lowest BCUT2D eigenvalue weighted by atomic mass is 10.0. The number of hydrogen-bond donors (Lipinski definition) is 1. The molecule has 31 heavy (non-hydrogen) atoms. The fraction of sp³-hybridized carbons (Fsp3) is 0.300. The Kier molecular flexibility index (Phi) is 8.03. The van der Waals surface area contributed by atoms with Gasteiger partial charge in [0, 0.05) is 11.1 Å². The maximum Gasteiger partial charge on any atom is 0.327 e. The van der Waals surface area contributed by atoms with Crippen LogP contribution in [-0.4, -0.2) is 45.2 Å². The Balaban J connectivity index is 2.58. The van der Waals surface area contributed by atoms with Crippen molar-refractivity contribution in [1.29, 1.82) is 0 Å². The summed E-state index contributed by atoms with van der Waals surface area (Å²) in [6.45, 7) is 0. The highest BCUT2D eigenvalue weighted by Gasteiger charge is 2.33. The van der Waals surface area contributed by atoms with Gasteiger partial charge in [-0.2, -0.15) is 0 Å². The molecule has 0 aliphatic carbocycles. The number of nitro groups is 1. The molecular weight excluding hydrogens is 432 g/mol. The van der Waals surface area contributed by atoms with E-state index in [1.54, 1.807) is 24.3 Å². The molecule has 0 heterocycles. The summed E-state index contributed by atoms with van der Waals surface area (Å²) in [5.41, 5.74) is -0.520. The Labute approximate surface area is 183 Å². The van der Waals surface area contributed by atoms with E-state index in [9.17, 15) is 19.7 Å². The van der Waals surface area contributed by atoms with Crippen LogP contribution in [0.15, 0.2) is 30.3 Å². The predicted molar refractivity (Wildman–Crippen MR) is 111 cm³/mol. The minimum absolute atomic E-state index is 0.0366. The van der Waals surface area contributed by atoms with E-state index < -0.39 is 28.5 Å². The Hall–Kier alpha value is -3.53. The zero-order valence-electron chi connectivity index (χ0n) is 17.3. The molecule has 166 valence electrons. The number of ether oxygens (including phenoxy) is 4. The van der Waals surface area contributed by atoms with Crippen molar-refractivity contribution in [3.05, 3.63) is 56.6 Å². The van der Waals surface area contributed by atoms with E-state index in [0.717, 1.165) is 6.07 Å². The van der Waals surface area contributed by atoms with Crippen molar-refractivity contribution in [2.75, 3.05) is 28.4 Å². The first-order valence-electron chi connectivity index (χ1n) is 8.88. The fourth-order valence-corrected chi connectivity index (χ4v) is 3.25. The molecule has 1 amide bonds. The van der Waals surface area contributed by atoms with E-state index in [1.165, 1.54) is 28.4 Å². The van der Waals surface area contributed by atoms with Crippen molar-refractivity contribution in [3.8, 4) is 17.2 Å². The van der Waals surface area contributed by atoms with Gasteiger partial charge >= 0.3 is 11.7 Å². The molecule has 1 N–H and O–H groups in total. The summed E-state index contributed by atoms with van der Waals surface area (Å²) in [5, 5.41) is 14.7. The van der Waals surface area contributed by atoms with Gasteiger partial charge in [0.1, 0.15) is 5.56 Å². The van der Waals surface area contributed by atoms with Crippen LogP contribution in [0.2, 0.25) is 5.02 Å². The summed E-state index contributed by atoms with van der Waals surface area (Å²) in [4.78, 5) is 36.0. The average Bonchev–Trinajstić information content (AvgIpc) is 2.76. The summed E-state index contributed by atoms with van der Waals surface area (Å²) in [6, 6.07) is 6.84. The monoisotopic (exact) mass is 452 g/mol. The van der Waals surface area contributed by atoms with Crippen LogP contribution < -0.4 is 19.5 Å². The second-order valence-electron chi connectivity index (χ2n) is 6.13. The molecule has 11 heteroatoms. The molecular formula is C20H21ClN2O8. The van der Waals surface area contributed by atoms with Crippen molar-refractivity contribution in [3.63, 3.8) is 0 Å². The maximum absolute atomic E-state index is 13.1. The zero-order chi connectivity index (χ0) is 23.1. The second kappa shape index (κ2) is 10.5. The summed E-state index contributed by atoms with van der Waals surface area (Å²) < 4.78 is 20.2. The van der Waals surface area contributed by atoms with Crippen LogP contribution in [0.4, 0.5) is 5.69 Å². The van der Waals surface area contributed by atoms with Crippen LogP contribution in [-0.2, 0) is 9.53 Å². The van der Waals surface area contributed by atoms with Crippen LogP contribution in [0.3, 0.4) is 0 Å². The van der Waals surface area contributed by atoms with E-state index >= 15 is 0 Å². The quantitative estimate of drug-likeness (QED) is 0.349. The van der Waals surface area contributed by atoms with Crippen LogP contribution in [0.25, 0.3) is 0 Å². The first kappa shape index (κ1) is 23.7. The third-order valence-electron chi connectivity index (χ3n) is 4.42. The number of hydrogen-bond acceptors (Lipinski definition) is 8. The van der Waals surface area contributed by atoms with E-state index in [0.29, 0.717) is 10.6 Å². The molecule has 0 spiro atoms. The van der Waals surface area contributed by atoms with Gasteiger partial charge in [0.15, 0.2) is 5.75 Å². The summed E-state index contributed by atoms with van der Waals surface area (Å²) in [5.74, 6) is -1.72. The predicted octanol–water partition coefficient (Wildman–Crippen LogP) is 3.31. The summed E-state index contributed by atoms with van der Waals surface area (Å²) in [7, 11) is 5.01. The number of rotatable bonds is 9. The highest BCUT2D eigenvalue weighted by atomic mass is 35.5. The molecule has 1 unspecified atom stereocenters. The number of nitrogens with one attached hydrogen (secondary N) is 1. The smallest absolute Gasteiger partial charge is 0.327 e. The van der Waals surface area contributed by atoms with Gasteiger partial charge in [-0.25, -0.2) is 0 Å². The van der Waals surface area contributed by atoms with E-state index in [1.807, 2.05) is 0 Å². The van der Waals surface area contributed by atoms with Gasteiger partial charge in [0.25, 0.3) is 5.91 Å². The minimum atomic E-state index is -0.910. The molecule has 2 rings (SSSR count). The number of esters is 1. The molecule has 0 saturated heterocycles. The lowest BCUT2D eigenvalue weighted by Crippen LogP contribution is -2.31. The van der Waals surface area contributed by atoms with E-state index in [2.05, 4.69) is 5.32 Å². The second-order valence-corrected chi connectivity index (χ2v) is 6.53. The third-order valence-corrected chi connectivity index (χ3v) is 4.76. The molecule has 1 atom stereocenters. The van der Waals surface area contributed by atoms with Crippen LogP contribution in [0, 0.1) is 10.1 Å². The number of halogens is 1. The molecule has 0 aliphatic heterocycles. The van der Waals surface area contributed by atoms with Crippen LogP contribution >= 0.6 is 11.6 Å². The summed E-state index contributed by atoms with van der Waals surface area (Å²) in [6.07, 6.45) is -0.246. The topological polar surface area (TPSA) is 126 Å². The van der Waals surface area contributed by atoms with Gasteiger partial charge in [0.05, 0.1) is 45.8 Å². The number of nitrogens with zero attached hydrogens (tertiary/aromatic N) is 1. The Bertz CT molecular complexity index is 995. The number of methoxy groups -OCH3 is 4. The number of carbonyl (C=O) groups is 2. The zero-order valence-corrected chi connectivity index (χ0v) is 18.0. The molecule has 0 saturated carbocycles. The lowest BCUT2D eigenvalue weighted by Gasteiger charge is -2.20. The molecule has 0 fully saturated rings. The molecule has 10 nitrogen and oxygen atoms in total. The molecule has 2 aromatic rings. The van der Waals surface area contributed by atoms with E-state index in [4.69, 9.17) is 30.5 Å². The van der Waals surface area contributed by atoms with Crippen molar-refractivity contribution in [1.82, 2.24) is 5.32 Å². The Morgan fingerprint density at radius 1 is 1.10 bits per heavy atom. The van der Waals surface area contributed by atoms with Crippen molar-refractivity contribution >= 4 is 29.2 Å². The lowest BCUT2D eigenvalue weighted by molar-refractivity contribution is -0.386. The van der Waals surface area contributed by atoms with Crippen molar-refractivity contribution < 1.29 is 33.5 Å². The highest BCUT2D eigenvalue weighted by molar-refractivity contribution is 6.31. The highest BCUT2D eigenvalue weighted by Crippen LogP contribution is 2.46. The van der Waals surface area contributed by atoms with E-state index in [-0.39, 0.29) is 29.2 Å². The molecule has 0 radical (unpaired) electrons. The minimum Gasteiger partial charge on any atom is -0.493 e. The molecule has 0 bridgehead atoms. The number of nitro benzene ring substituents is 1. The van der Waals surface area contributed by atoms with Crippen LogP contribution in [0.1, 0.15) is 28.4 Å². The first-order chi connectivity index (χ1) is 14.8. The number of amides is 1. The Morgan fingerprint density at radius 3 is 2.26 bits per heavy atom. The fourth-order valence-electron chi connectivity index (χ4n) is 2.98. The molecule has 0 aliphatic rings. The largest absolute Gasteiger partial charge is 0.493 e. The SMILES string of the molecule is COC(=O)CC(NC(=O)c1cc(OC)c(OC)c(OC)c1[N+](=O)[O-])c1ccccc1Cl. The van der Waals surface area contributed by atoms with Gasteiger partial charge in [-0.15, -0.1) is 0 Å². The molecule has 2 aromatic carbocycles.